The molecule has 1 unspecified atom stereocenters. The predicted octanol–water partition coefficient (Wildman–Crippen LogP) is 2.25. The number of piperazine rings is 1. The van der Waals surface area contributed by atoms with E-state index in [2.05, 4.69) is 5.32 Å². The third-order valence-electron chi connectivity index (χ3n) is 3.40. The Morgan fingerprint density at radius 3 is 2.81 bits per heavy atom. The lowest BCUT2D eigenvalue weighted by atomic mass is 10.0. The second kappa shape index (κ2) is 5.61. The van der Waals surface area contributed by atoms with Crippen LogP contribution in [0.2, 0.25) is 5.02 Å². The molecule has 2 heterocycles. The molecule has 1 aromatic carbocycles. The van der Waals surface area contributed by atoms with E-state index in [4.69, 9.17) is 16.0 Å². The Bertz CT molecular complexity index is 669. The zero-order chi connectivity index (χ0) is 14.8. The van der Waals surface area contributed by atoms with Gasteiger partial charge < -0.3 is 14.6 Å². The molecule has 1 aliphatic heterocycles. The molecule has 0 radical (unpaired) electrons. The van der Waals surface area contributed by atoms with Crippen LogP contribution in [0.15, 0.2) is 47.1 Å². The molecule has 1 aliphatic rings. The number of hydrogen-bond acceptors (Lipinski definition) is 3. The first-order chi connectivity index (χ1) is 10.2. The first-order valence-corrected chi connectivity index (χ1v) is 6.93. The Morgan fingerprint density at radius 1 is 1.29 bits per heavy atom. The van der Waals surface area contributed by atoms with E-state index in [1.54, 1.807) is 36.4 Å². The maximum Gasteiger partial charge on any atom is 0.290 e. The SMILES string of the molecule is O=C1NCCN(C(=O)c2ccco2)C1c1ccccc1Cl. The van der Waals surface area contributed by atoms with Crippen LogP contribution >= 0.6 is 11.6 Å². The van der Waals surface area contributed by atoms with Crippen LogP contribution in [0.25, 0.3) is 0 Å². The first-order valence-electron chi connectivity index (χ1n) is 6.55. The van der Waals surface area contributed by atoms with Gasteiger partial charge in [-0.1, -0.05) is 29.8 Å². The number of benzene rings is 1. The van der Waals surface area contributed by atoms with Crippen molar-refractivity contribution in [1.29, 1.82) is 0 Å². The summed E-state index contributed by atoms with van der Waals surface area (Å²) < 4.78 is 5.14. The van der Waals surface area contributed by atoms with Gasteiger partial charge in [0.15, 0.2) is 5.76 Å². The van der Waals surface area contributed by atoms with Crippen molar-refractivity contribution in [2.45, 2.75) is 6.04 Å². The predicted molar refractivity (Wildman–Crippen MR) is 76.9 cm³/mol. The lowest BCUT2D eigenvalue weighted by Gasteiger charge is -2.35. The number of nitrogens with zero attached hydrogens (tertiary/aromatic N) is 1. The minimum absolute atomic E-state index is 0.210. The average Bonchev–Trinajstić information content (AvgIpc) is 3.01. The molecule has 21 heavy (non-hydrogen) atoms. The van der Waals surface area contributed by atoms with E-state index < -0.39 is 6.04 Å². The van der Waals surface area contributed by atoms with Crippen LogP contribution in [0.5, 0.6) is 0 Å². The van der Waals surface area contributed by atoms with E-state index in [9.17, 15) is 9.59 Å². The number of nitrogens with one attached hydrogen (secondary N) is 1. The van der Waals surface area contributed by atoms with E-state index in [1.807, 2.05) is 0 Å². The van der Waals surface area contributed by atoms with Crippen LogP contribution in [0.1, 0.15) is 22.2 Å². The monoisotopic (exact) mass is 304 g/mol. The molecule has 108 valence electrons. The average molecular weight is 305 g/mol. The first kappa shape index (κ1) is 13.7. The van der Waals surface area contributed by atoms with Crippen LogP contribution in [-0.4, -0.2) is 29.8 Å². The van der Waals surface area contributed by atoms with Gasteiger partial charge in [0.2, 0.25) is 5.91 Å². The number of furan rings is 1. The maximum absolute atomic E-state index is 12.5. The van der Waals surface area contributed by atoms with E-state index in [-0.39, 0.29) is 17.6 Å². The quantitative estimate of drug-likeness (QED) is 0.925. The van der Waals surface area contributed by atoms with Crippen molar-refractivity contribution in [3.63, 3.8) is 0 Å². The van der Waals surface area contributed by atoms with Gasteiger partial charge in [0, 0.05) is 23.7 Å². The number of hydrogen-bond donors (Lipinski definition) is 1. The van der Waals surface area contributed by atoms with Crippen molar-refractivity contribution in [2.75, 3.05) is 13.1 Å². The maximum atomic E-state index is 12.5. The van der Waals surface area contributed by atoms with Crippen LogP contribution in [0, 0.1) is 0 Å². The summed E-state index contributed by atoms with van der Waals surface area (Å²) in [6.07, 6.45) is 1.43. The fourth-order valence-corrected chi connectivity index (χ4v) is 2.67. The fourth-order valence-electron chi connectivity index (χ4n) is 2.43. The van der Waals surface area contributed by atoms with Gasteiger partial charge in [0.25, 0.3) is 5.91 Å². The topological polar surface area (TPSA) is 62.6 Å². The molecule has 0 saturated carbocycles. The highest BCUT2D eigenvalue weighted by atomic mass is 35.5. The van der Waals surface area contributed by atoms with Gasteiger partial charge in [0.1, 0.15) is 6.04 Å². The molecule has 1 N–H and O–H groups in total. The van der Waals surface area contributed by atoms with E-state index >= 15 is 0 Å². The summed E-state index contributed by atoms with van der Waals surface area (Å²) in [4.78, 5) is 26.2. The Balaban J connectivity index is 1.99. The van der Waals surface area contributed by atoms with Crippen LogP contribution < -0.4 is 5.32 Å². The minimum Gasteiger partial charge on any atom is -0.459 e. The summed E-state index contributed by atoms with van der Waals surface area (Å²) in [7, 11) is 0. The van der Waals surface area contributed by atoms with Crippen molar-refractivity contribution in [1.82, 2.24) is 10.2 Å². The summed E-state index contributed by atoms with van der Waals surface area (Å²) in [6.45, 7) is 0.813. The zero-order valence-corrected chi connectivity index (χ0v) is 11.8. The van der Waals surface area contributed by atoms with Crippen molar-refractivity contribution >= 4 is 23.4 Å². The van der Waals surface area contributed by atoms with Gasteiger partial charge in [-0.25, -0.2) is 0 Å². The van der Waals surface area contributed by atoms with E-state index in [0.29, 0.717) is 23.7 Å². The second-order valence-corrected chi connectivity index (χ2v) is 5.10. The van der Waals surface area contributed by atoms with Crippen molar-refractivity contribution in [3.05, 3.63) is 59.0 Å². The molecule has 1 saturated heterocycles. The fraction of sp³-hybridized carbons (Fsp3) is 0.200. The number of halogens is 1. The van der Waals surface area contributed by atoms with Crippen LogP contribution in [0.3, 0.4) is 0 Å². The zero-order valence-electron chi connectivity index (χ0n) is 11.1. The Morgan fingerprint density at radius 2 is 2.10 bits per heavy atom. The largest absolute Gasteiger partial charge is 0.459 e. The molecule has 6 heteroatoms. The standard InChI is InChI=1S/C15H13ClN2O3/c16-11-5-2-1-4-10(11)13-14(19)17-7-8-18(13)15(20)12-6-3-9-21-12/h1-6,9,13H,7-8H2,(H,17,19). The second-order valence-electron chi connectivity index (χ2n) is 4.69. The lowest BCUT2D eigenvalue weighted by molar-refractivity contribution is -0.128. The van der Waals surface area contributed by atoms with Gasteiger partial charge in [-0.15, -0.1) is 0 Å². The van der Waals surface area contributed by atoms with Crippen LogP contribution in [0.4, 0.5) is 0 Å². The smallest absolute Gasteiger partial charge is 0.290 e. The number of rotatable bonds is 2. The summed E-state index contributed by atoms with van der Waals surface area (Å²) in [5.74, 6) is -0.351. The third-order valence-corrected chi connectivity index (χ3v) is 3.75. The molecule has 0 aliphatic carbocycles. The molecule has 0 spiro atoms. The molecular formula is C15H13ClN2O3. The highest BCUT2D eigenvalue weighted by Crippen LogP contribution is 2.30. The third kappa shape index (κ3) is 2.52. The lowest BCUT2D eigenvalue weighted by Crippen LogP contribution is -2.52. The molecule has 5 nitrogen and oxygen atoms in total. The van der Waals surface area contributed by atoms with Gasteiger partial charge in [-0.3, -0.25) is 9.59 Å². The molecule has 1 atom stereocenters. The minimum atomic E-state index is -0.745. The number of carbonyl (C=O) groups excluding carboxylic acids is 2. The van der Waals surface area contributed by atoms with Gasteiger partial charge in [-0.2, -0.15) is 0 Å². The molecule has 2 amide bonds. The Labute approximate surface area is 126 Å². The van der Waals surface area contributed by atoms with Gasteiger partial charge in [-0.05, 0) is 18.2 Å². The van der Waals surface area contributed by atoms with E-state index in [0.717, 1.165) is 0 Å². The van der Waals surface area contributed by atoms with Crippen molar-refractivity contribution in [2.24, 2.45) is 0 Å². The number of carbonyl (C=O) groups is 2. The van der Waals surface area contributed by atoms with Gasteiger partial charge >= 0.3 is 0 Å². The summed E-state index contributed by atoms with van der Waals surface area (Å²) in [5, 5.41) is 3.22. The van der Waals surface area contributed by atoms with Crippen molar-refractivity contribution in [3.8, 4) is 0 Å². The van der Waals surface area contributed by atoms with Crippen molar-refractivity contribution < 1.29 is 14.0 Å². The normalized spacial score (nSPS) is 18.4. The summed E-state index contributed by atoms with van der Waals surface area (Å²) in [6, 6.07) is 9.50. The van der Waals surface area contributed by atoms with Gasteiger partial charge in [0.05, 0.1) is 6.26 Å². The molecule has 0 bridgehead atoms. The van der Waals surface area contributed by atoms with E-state index in [1.165, 1.54) is 11.2 Å². The molecule has 1 fully saturated rings. The van der Waals surface area contributed by atoms with Crippen LogP contribution in [-0.2, 0) is 4.79 Å². The molecule has 3 rings (SSSR count). The number of amides is 2. The highest BCUT2D eigenvalue weighted by molar-refractivity contribution is 6.31. The Kier molecular flexibility index (Phi) is 3.66. The summed E-state index contributed by atoms with van der Waals surface area (Å²) >= 11 is 6.18. The summed E-state index contributed by atoms with van der Waals surface area (Å²) in [5.41, 5.74) is 0.608. The molecule has 1 aromatic heterocycles. The highest BCUT2D eigenvalue weighted by Gasteiger charge is 2.36. The Hall–Kier alpha value is -2.27. The molecule has 2 aromatic rings. The molecular weight excluding hydrogens is 292 g/mol.